The van der Waals surface area contributed by atoms with E-state index in [9.17, 15) is 9.59 Å². The Morgan fingerprint density at radius 3 is 2.77 bits per heavy atom. The third-order valence-electron chi connectivity index (χ3n) is 1.65. The van der Waals surface area contributed by atoms with Gasteiger partial charge in [0.1, 0.15) is 12.2 Å². The van der Waals surface area contributed by atoms with E-state index in [2.05, 4.69) is 0 Å². The van der Waals surface area contributed by atoms with E-state index in [1.165, 1.54) is 0 Å². The molecule has 1 fully saturated rings. The monoisotopic (exact) mass is 184 g/mol. The Labute approximate surface area is 76.2 Å². The Morgan fingerprint density at radius 2 is 2.23 bits per heavy atom. The number of aliphatic carboxylic acids is 1. The van der Waals surface area contributed by atoms with E-state index in [1.54, 1.807) is 0 Å². The molecule has 0 aromatic carbocycles. The first-order valence-electron chi connectivity index (χ1n) is 4.20. The lowest BCUT2D eigenvalue weighted by molar-refractivity contribution is -0.140. The highest BCUT2D eigenvalue weighted by molar-refractivity contribution is 5.94. The molecular weight excluding hydrogens is 172 g/mol. The van der Waals surface area contributed by atoms with Gasteiger partial charge in [0.15, 0.2) is 0 Å². The average molecular weight is 184 g/mol. The zero-order chi connectivity index (χ0) is 9.68. The van der Waals surface area contributed by atoms with Crippen LogP contribution in [0.2, 0.25) is 0 Å². The van der Waals surface area contributed by atoms with Crippen molar-refractivity contribution in [1.82, 2.24) is 0 Å². The van der Waals surface area contributed by atoms with E-state index >= 15 is 0 Å². The van der Waals surface area contributed by atoms with Crippen molar-refractivity contribution in [2.75, 3.05) is 6.61 Å². The highest BCUT2D eigenvalue weighted by Gasteiger charge is 2.17. The largest absolute Gasteiger partial charge is 0.481 e. The average Bonchev–Trinajstić information content (AvgIpc) is 2.80. The summed E-state index contributed by atoms with van der Waals surface area (Å²) < 4.78 is 4.91. The first kappa shape index (κ1) is 9.92. The second-order valence-electron chi connectivity index (χ2n) is 2.95. The lowest BCUT2D eigenvalue weighted by Gasteiger charge is -1.92. The van der Waals surface area contributed by atoms with Crippen molar-refractivity contribution in [2.45, 2.75) is 25.4 Å². The molecule has 0 radical (unpaired) electrons. The van der Waals surface area contributed by atoms with E-state index in [0.717, 1.165) is 6.61 Å². The van der Waals surface area contributed by atoms with Crippen LogP contribution in [-0.4, -0.2) is 29.6 Å². The van der Waals surface area contributed by atoms with Crippen molar-refractivity contribution >= 4 is 11.8 Å². The number of rotatable bonds is 6. The summed E-state index contributed by atoms with van der Waals surface area (Å²) in [6.45, 7) is 0.763. The van der Waals surface area contributed by atoms with Gasteiger partial charge in [-0.3, -0.25) is 9.59 Å². The molecule has 1 aliphatic heterocycles. The summed E-state index contributed by atoms with van der Waals surface area (Å²) in [5.74, 6) is -1.28. The fourth-order valence-corrected chi connectivity index (χ4v) is 0.916. The first-order valence-corrected chi connectivity index (χ1v) is 4.20. The van der Waals surface area contributed by atoms with Gasteiger partial charge >= 0.3 is 5.97 Å². The summed E-state index contributed by atoms with van der Waals surface area (Å²) in [4.78, 5) is 21.0. The van der Waals surface area contributed by atoms with E-state index in [4.69, 9.17) is 9.84 Å². The molecule has 0 aromatic rings. The molecular formula is C9H12O4. The van der Waals surface area contributed by atoms with Crippen molar-refractivity contribution in [3.8, 4) is 0 Å². The number of carbonyl (C=O) groups excluding carboxylic acids is 1. The molecule has 0 bridgehead atoms. The predicted molar refractivity (Wildman–Crippen MR) is 45.4 cm³/mol. The highest BCUT2D eigenvalue weighted by Crippen LogP contribution is 2.10. The van der Waals surface area contributed by atoms with Crippen LogP contribution in [0.25, 0.3) is 0 Å². The second-order valence-corrected chi connectivity index (χ2v) is 2.95. The molecule has 1 unspecified atom stereocenters. The molecule has 1 saturated heterocycles. The van der Waals surface area contributed by atoms with Gasteiger partial charge in [-0.2, -0.15) is 0 Å². The Kier molecular flexibility index (Phi) is 3.64. The molecule has 0 spiro atoms. The van der Waals surface area contributed by atoms with Crippen molar-refractivity contribution in [3.63, 3.8) is 0 Å². The van der Waals surface area contributed by atoms with Gasteiger partial charge < -0.3 is 9.84 Å². The quantitative estimate of drug-likeness (QED) is 0.376. The SMILES string of the molecule is O=C(O)CC(=O)CC/C=C/C1CO1. The number of ketones is 1. The molecule has 1 N–H and O–H groups in total. The topological polar surface area (TPSA) is 66.9 Å². The van der Waals surface area contributed by atoms with E-state index < -0.39 is 5.97 Å². The van der Waals surface area contributed by atoms with Crippen LogP contribution in [0.1, 0.15) is 19.3 Å². The molecule has 1 heterocycles. The van der Waals surface area contributed by atoms with Gasteiger partial charge in [0.2, 0.25) is 0 Å². The number of epoxide rings is 1. The smallest absolute Gasteiger partial charge is 0.310 e. The number of ether oxygens (including phenoxy) is 1. The van der Waals surface area contributed by atoms with Gasteiger partial charge in [0.05, 0.1) is 12.7 Å². The Balaban J connectivity index is 2.03. The minimum atomic E-state index is -1.06. The number of carboxylic acid groups (broad SMARTS) is 1. The van der Waals surface area contributed by atoms with Crippen molar-refractivity contribution < 1.29 is 19.4 Å². The number of carbonyl (C=O) groups is 2. The molecule has 13 heavy (non-hydrogen) atoms. The lowest BCUT2D eigenvalue weighted by Crippen LogP contribution is -2.05. The van der Waals surface area contributed by atoms with Crippen LogP contribution in [-0.2, 0) is 14.3 Å². The molecule has 1 rings (SSSR count). The van der Waals surface area contributed by atoms with Gasteiger partial charge in [-0.15, -0.1) is 0 Å². The minimum Gasteiger partial charge on any atom is -0.481 e. The van der Waals surface area contributed by atoms with Gasteiger partial charge in [-0.25, -0.2) is 0 Å². The van der Waals surface area contributed by atoms with E-state index in [1.807, 2.05) is 12.2 Å². The fourth-order valence-electron chi connectivity index (χ4n) is 0.916. The zero-order valence-electron chi connectivity index (χ0n) is 7.23. The third-order valence-corrected chi connectivity index (χ3v) is 1.65. The third kappa shape index (κ3) is 5.14. The molecule has 0 amide bonds. The predicted octanol–water partition coefficient (Wildman–Crippen LogP) is 0.765. The number of hydrogen-bond acceptors (Lipinski definition) is 3. The van der Waals surface area contributed by atoms with Crippen LogP contribution in [0, 0.1) is 0 Å². The molecule has 0 saturated carbocycles. The lowest BCUT2D eigenvalue weighted by atomic mass is 10.1. The zero-order valence-corrected chi connectivity index (χ0v) is 7.23. The fraction of sp³-hybridized carbons (Fsp3) is 0.556. The maximum atomic E-state index is 10.9. The summed E-state index contributed by atoms with van der Waals surface area (Å²) in [5.41, 5.74) is 0. The second kappa shape index (κ2) is 4.77. The van der Waals surface area contributed by atoms with Crippen LogP contribution < -0.4 is 0 Å². The van der Waals surface area contributed by atoms with Gasteiger partial charge in [0, 0.05) is 6.42 Å². The molecule has 1 aliphatic rings. The van der Waals surface area contributed by atoms with Crippen LogP contribution in [0.5, 0.6) is 0 Å². The van der Waals surface area contributed by atoms with Crippen molar-refractivity contribution in [1.29, 1.82) is 0 Å². The molecule has 0 aromatic heterocycles. The van der Waals surface area contributed by atoms with Crippen LogP contribution in [0.3, 0.4) is 0 Å². The molecule has 0 aliphatic carbocycles. The van der Waals surface area contributed by atoms with Crippen LogP contribution >= 0.6 is 0 Å². The number of allylic oxidation sites excluding steroid dienone is 1. The summed E-state index contributed by atoms with van der Waals surface area (Å²) >= 11 is 0. The molecule has 4 heteroatoms. The van der Waals surface area contributed by atoms with Crippen molar-refractivity contribution in [2.24, 2.45) is 0 Å². The maximum Gasteiger partial charge on any atom is 0.310 e. The Morgan fingerprint density at radius 1 is 1.54 bits per heavy atom. The number of hydrogen-bond donors (Lipinski definition) is 1. The van der Waals surface area contributed by atoms with Gasteiger partial charge in [-0.1, -0.05) is 12.2 Å². The normalized spacial score (nSPS) is 20.5. The number of Topliss-reactive ketones (excluding diaryl/α,β-unsaturated/α-hetero) is 1. The van der Waals surface area contributed by atoms with Crippen LogP contribution in [0.15, 0.2) is 12.2 Å². The van der Waals surface area contributed by atoms with Gasteiger partial charge in [0.25, 0.3) is 0 Å². The molecule has 4 nitrogen and oxygen atoms in total. The first-order chi connectivity index (χ1) is 6.18. The summed E-state index contributed by atoms with van der Waals surface area (Å²) in [6, 6.07) is 0. The van der Waals surface area contributed by atoms with Gasteiger partial charge in [-0.05, 0) is 6.42 Å². The Hall–Kier alpha value is -1.16. The van der Waals surface area contributed by atoms with E-state index in [0.29, 0.717) is 12.8 Å². The molecule has 1 atom stereocenters. The van der Waals surface area contributed by atoms with Crippen molar-refractivity contribution in [3.05, 3.63) is 12.2 Å². The molecule has 72 valence electrons. The summed E-state index contributed by atoms with van der Waals surface area (Å²) in [5, 5.41) is 8.28. The number of carboxylic acids is 1. The van der Waals surface area contributed by atoms with E-state index in [-0.39, 0.29) is 18.3 Å². The van der Waals surface area contributed by atoms with Crippen LogP contribution in [0.4, 0.5) is 0 Å². The highest BCUT2D eigenvalue weighted by atomic mass is 16.6. The standard InChI is InChI=1S/C9H12O4/c10-7(5-9(11)12)3-1-2-4-8-6-13-8/h2,4,8H,1,3,5-6H2,(H,11,12)/b4-2+. The summed E-state index contributed by atoms with van der Waals surface area (Å²) in [7, 11) is 0. The maximum absolute atomic E-state index is 10.9. The Bertz CT molecular complexity index is 228. The minimum absolute atomic E-state index is 0.228. The summed E-state index contributed by atoms with van der Waals surface area (Å²) in [6.07, 6.45) is 4.52.